The number of anilines is 1. The molecule has 2 aromatic carbocycles. The molecule has 0 amide bonds. The van der Waals surface area contributed by atoms with Gasteiger partial charge in [0.15, 0.2) is 0 Å². The first-order valence-corrected chi connectivity index (χ1v) is 6.71. The van der Waals surface area contributed by atoms with Crippen molar-refractivity contribution in [2.24, 2.45) is 0 Å². The van der Waals surface area contributed by atoms with Crippen LogP contribution in [-0.2, 0) is 6.54 Å². The predicted molar refractivity (Wildman–Crippen MR) is 81.4 cm³/mol. The molecule has 0 saturated carbocycles. The fourth-order valence-corrected chi connectivity index (χ4v) is 2.28. The molecule has 100 valence electrons. The van der Waals surface area contributed by atoms with Crippen LogP contribution in [0.1, 0.15) is 16.7 Å². The number of hydrogen-bond donors (Lipinski definition) is 2. The first kappa shape index (κ1) is 14.0. The van der Waals surface area contributed by atoms with Gasteiger partial charge in [-0.1, -0.05) is 29.3 Å². The third kappa shape index (κ3) is 3.14. The Kier molecular flexibility index (Phi) is 4.23. The van der Waals surface area contributed by atoms with Gasteiger partial charge in [-0.05, 0) is 49.2 Å². The summed E-state index contributed by atoms with van der Waals surface area (Å²) in [6, 6.07) is 9.20. The Hall–Kier alpha value is -1.38. The monoisotopic (exact) mass is 295 g/mol. The van der Waals surface area contributed by atoms with E-state index in [0.717, 1.165) is 22.4 Å². The Labute approximate surface area is 123 Å². The lowest BCUT2D eigenvalue weighted by molar-refractivity contribution is 0.467. The van der Waals surface area contributed by atoms with E-state index in [1.165, 1.54) is 0 Å². The van der Waals surface area contributed by atoms with E-state index in [1.54, 1.807) is 12.1 Å². The van der Waals surface area contributed by atoms with Crippen LogP contribution in [0.15, 0.2) is 30.3 Å². The molecule has 2 N–H and O–H groups in total. The summed E-state index contributed by atoms with van der Waals surface area (Å²) in [7, 11) is 0. The zero-order chi connectivity index (χ0) is 14.0. The summed E-state index contributed by atoms with van der Waals surface area (Å²) in [5.41, 5.74) is 3.51. The van der Waals surface area contributed by atoms with Gasteiger partial charge in [0, 0.05) is 27.8 Å². The second kappa shape index (κ2) is 5.72. The van der Waals surface area contributed by atoms with Crippen molar-refractivity contribution >= 4 is 28.9 Å². The summed E-state index contributed by atoms with van der Waals surface area (Å²) in [6.07, 6.45) is 0. The average Bonchev–Trinajstić information content (AvgIpc) is 2.39. The van der Waals surface area contributed by atoms with Crippen LogP contribution in [0, 0.1) is 13.8 Å². The number of phenols is 1. The lowest BCUT2D eigenvalue weighted by Gasteiger charge is -2.13. The smallest absolute Gasteiger partial charge is 0.123 e. The molecule has 0 bridgehead atoms. The maximum Gasteiger partial charge on any atom is 0.123 e. The molecule has 0 radical (unpaired) electrons. The summed E-state index contributed by atoms with van der Waals surface area (Å²) in [4.78, 5) is 0. The van der Waals surface area contributed by atoms with E-state index in [0.29, 0.717) is 22.3 Å². The molecule has 0 unspecified atom stereocenters. The van der Waals surface area contributed by atoms with E-state index in [4.69, 9.17) is 23.2 Å². The second-order valence-corrected chi connectivity index (χ2v) is 5.34. The van der Waals surface area contributed by atoms with Crippen molar-refractivity contribution < 1.29 is 5.11 Å². The Morgan fingerprint density at radius 3 is 2.58 bits per heavy atom. The van der Waals surface area contributed by atoms with E-state index in [2.05, 4.69) is 5.32 Å². The highest BCUT2D eigenvalue weighted by atomic mass is 35.5. The van der Waals surface area contributed by atoms with Crippen LogP contribution in [0.3, 0.4) is 0 Å². The fraction of sp³-hybridized carbons (Fsp3) is 0.200. The standard InChI is InChI=1S/C15H15Cl2NO/c1-9-3-6-14(10(2)15(9)19)18-8-11-7-12(16)4-5-13(11)17/h3-7,18-19H,8H2,1-2H3. The number of rotatable bonds is 3. The minimum Gasteiger partial charge on any atom is -0.507 e. The molecule has 2 nitrogen and oxygen atoms in total. The Morgan fingerprint density at radius 1 is 1.11 bits per heavy atom. The molecule has 0 fully saturated rings. The zero-order valence-corrected chi connectivity index (χ0v) is 12.3. The van der Waals surface area contributed by atoms with Gasteiger partial charge in [0.05, 0.1) is 0 Å². The number of hydrogen-bond acceptors (Lipinski definition) is 2. The average molecular weight is 296 g/mol. The first-order valence-electron chi connectivity index (χ1n) is 5.96. The molecule has 0 atom stereocenters. The molecular weight excluding hydrogens is 281 g/mol. The van der Waals surface area contributed by atoms with Gasteiger partial charge in [0.1, 0.15) is 5.75 Å². The highest BCUT2D eigenvalue weighted by molar-refractivity contribution is 6.33. The van der Waals surface area contributed by atoms with Crippen LogP contribution in [0.4, 0.5) is 5.69 Å². The normalized spacial score (nSPS) is 10.5. The van der Waals surface area contributed by atoms with Crippen molar-refractivity contribution in [3.05, 3.63) is 57.1 Å². The van der Waals surface area contributed by atoms with Crippen molar-refractivity contribution in [3.63, 3.8) is 0 Å². The summed E-state index contributed by atoms with van der Waals surface area (Å²) in [6.45, 7) is 4.31. The fourth-order valence-electron chi connectivity index (χ4n) is 1.90. The maximum absolute atomic E-state index is 9.90. The third-order valence-corrected chi connectivity index (χ3v) is 3.71. The highest BCUT2D eigenvalue weighted by Gasteiger charge is 2.07. The topological polar surface area (TPSA) is 32.3 Å². The van der Waals surface area contributed by atoms with Gasteiger partial charge < -0.3 is 10.4 Å². The van der Waals surface area contributed by atoms with Crippen LogP contribution in [0.25, 0.3) is 0 Å². The Balaban J connectivity index is 2.19. The van der Waals surface area contributed by atoms with Crippen molar-refractivity contribution in [2.45, 2.75) is 20.4 Å². The molecule has 0 aromatic heterocycles. The van der Waals surface area contributed by atoms with Gasteiger partial charge >= 0.3 is 0 Å². The molecule has 4 heteroatoms. The summed E-state index contributed by atoms with van der Waals surface area (Å²) >= 11 is 12.1. The lowest BCUT2D eigenvalue weighted by atomic mass is 10.1. The van der Waals surface area contributed by atoms with Gasteiger partial charge in [-0.25, -0.2) is 0 Å². The number of phenolic OH excluding ortho intramolecular Hbond substituents is 1. The van der Waals surface area contributed by atoms with E-state index < -0.39 is 0 Å². The minimum atomic E-state index is 0.321. The van der Waals surface area contributed by atoms with Crippen molar-refractivity contribution in [1.29, 1.82) is 0 Å². The van der Waals surface area contributed by atoms with Gasteiger partial charge in [0.25, 0.3) is 0 Å². The molecule has 0 aliphatic carbocycles. The first-order chi connectivity index (χ1) is 8.99. The molecule has 0 saturated heterocycles. The third-order valence-electron chi connectivity index (χ3n) is 3.11. The van der Waals surface area contributed by atoms with Crippen LogP contribution in [-0.4, -0.2) is 5.11 Å². The van der Waals surface area contributed by atoms with Crippen molar-refractivity contribution in [1.82, 2.24) is 0 Å². The summed E-state index contributed by atoms with van der Waals surface area (Å²) < 4.78 is 0. The number of benzene rings is 2. The number of aryl methyl sites for hydroxylation is 1. The number of halogens is 2. The van der Waals surface area contributed by atoms with Crippen LogP contribution < -0.4 is 5.32 Å². The maximum atomic E-state index is 9.90. The molecule has 19 heavy (non-hydrogen) atoms. The summed E-state index contributed by atoms with van der Waals surface area (Å²) in [5, 5.41) is 14.5. The van der Waals surface area contributed by atoms with Gasteiger partial charge in [-0.2, -0.15) is 0 Å². The van der Waals surface area contributed by atoms with Crippen molar-refractivity contribution in [3.8, 4) is 5.75 Å². The molecule has 2 aromatic rings. The highest BCUT2D eigenvalue weighted by Crippen LogP contribution is 2.29. The second-order valence-electron chi connectivity index (χ2n) is 4.49. The predicted octanol–water partition coefficient (Wildman–Crippen LogP) is 4.93. The number of aromatic hydroxyl groups is 1. The van der Waals surface area contributed by atoms with E-state index in [1.807, 2.05) is 32.0 Å². The van der Waals surface area contributed by atoms with Gasteiger partial charge in [0.2, 0.25) is 0 Å². The van der Waals surface area contributed by atoms with Gasteiger partial charge in [-0.15, -0.1) is 0 Å². The summed E-state index contributed by atoms with van der Waals surface area (Å²) in [5.74, 6) is 0.321. The number of nitrogens with one attached hydrogen (secondary N) is 1. The Morgan fingerprint density at radius 2 is 1.84 bits per heavy atom. The van der Waals surface area contributed by atoms with E-state index in [-0.39, 0.29) is 0 Å². The quantitative estimate of drug-likeness (QED) is 0.842. The lowest BCUT2D eigenvalue weighted by Crippen LogP contribution is -2.02. The largest absolute Gasteiger partial charge is 0.507 e. The van der Waals surface area contributed by atoms with Crippen LogP contribution in [0.2, 0.25) is 10.0 Å². The zero-order valence-electron chi connectivity index (χ0n) is 10.8. The molecule has 0 spiro atoms. The van der Waals surface area contributed by atoms with Crippen LogP contribution >= 0.6 is 23.2 Å². The van der Waals surface area contributed by atoms with Gasteiger partial charge in [-0.3, -0.25) is 0 Å². The van der Waals surface area contributed by atoms with Crippen molar-refractivity contribution in [2.75, 3.05) is 5.32 Å². The molecular formula is C15H15Cl2NO. The minimum absolute atomic E-state index is 0.321. The Bertz CT molecular complexity index is 611. The molecule has 0 aliphatic heterocycles. The van der Waals surface area contributed by atoms with Crippen LogP contribution in [0.5, 0.6) is 5.75 Å². The molecule has 0 aliphatic rings. The van der Waals surface area contributed by atoms with E-state index in [9.17, 15) is 5.11 Å². The molecule has 2 rings (SSSR count). The van der Waals surface area contributed by atoms with E-state index >= 15 is 0 Å². The molecule has 0 heterocycles. The SMILES string of the molecule is Cc1ccc(NCc2cc(Cl)ccc2Cl)c(C)c1O.